The van der Waals surface area contributed by atoms with E-state index in [1.165, 1.54) is 0 Å². The Morgan fingerprint density at radius 1 is 1.17 bits per heavy atom. The number of nitrogens with two attached hydrogens (primary N) is 1. The van der Waals surface area contributed by atoms with Gasteiger partial charge in [-0.2, -0.15) is 0 Å². The number of amides is 1. The number of rotatable bonds is 4. The summed E-state index contributed by atoms with van der Waals surface area (Å²) < 4.78 is 10.8. The average molecular weight is 315 g/mol. The number of carbonyl (C=O) groups excluding carboxylic acids is 1. The number of ether oxygens (including phenoxy) is 2. The molecule has 0 radical (unpaired) electrons. The smallest absolute Gasteiger partial charge is 0.220 e. The van der Waals surface area contributed by atoms with Crippen molar-refractivity contribution in [3.8, 4) is 11.6 Å². The summed E-state index contributed by atoms with van der Waals surface area (Å²) in [7, 11) is 3.26. The summed E-state index contributed by atoms with van der Waals surface area (Å²) in [4.78, 5) is 18.2. The summed E-state index contributed by atoms with van der Waals surface area (Å²) in [6.07, 6.45) is 1.50. The van der Waals surface area contributed by atoms with E-state index in [2.05, 4.69) is 9.88 Å². The molecule has 122 valence electrons. The van der Waals surface area contributed by atoms with E-state index in [0.717, 1.165) is 48.3 Å². The Kier molecular flexibility index (Phi) is 4.23. The zero-order valence-electron chi connectivity index (χ0n) is 13.4. The van der Waals surface area contributed by atoms with Crippen molar-refractivity contribution in [2.45, 2.75) is 12.8 Å². The van der Waals surface area contributed by atoms with Crippen LogP contribution in [0.1, 0.15) is 12.8 Å². The monoisotopic (exact) mass is 315 g/mol. The normalized spacial score (nSPS) is 15.7. The molecule has 1 amide bonds. The van der Waals surface area contributed by atoms with E-state index < -0.39 is 0 Å². The lowest BCUT2D eigenvalue weighted by molar-refractivity contribution is -0.122. The predicted molar refractivity (Wildman–Crippen MR) is 89.0 cm³/mol. The van der Waals surface area contributed by atoms with Crippen LogP contribution in [-0.4, -0.2) is 38.2 Å². The summed E-state index contributed by atoms with van der Waals surface area (Å²) in [5.41, 5.74) is 7.22. The molecular formula is C17H21N3O3. The van der Waals surface area contributed by atoms with Crippen LogP contribution in [0.4, 0.5) is 5.69 Å². The highest BCUT2D eigenvalue weighted by molar-refractivity contribution is 5.95. The van der Waals surface area contributed by atoms with Crippen molar-refractivity contribution in [2.24, 2.45) is 11.7 Å². The van der Waals surface area contributed by atoms with Crippen molar-refractivity contribution < 1.29 is 14.3 Å². The van der Waals surface area contributed by atoms with E-state index >= 15 is 0 Å². The number of anilines is 1. The molecule has 1 saturated heterocycles. The lowest BCUT2D eigenvalue weighted by atomic mass is 9.95. The number of benzene rings is 1. The molecule has 2 aromatic rings. The van der Waals surface area contributed by atoms with Crippen molar-refractivity contribution in [1.29, 1.82) is 0 Å². The number of primary amides is 1. The molecule has 23 heavy (non-hydrogen) atoms. The highest BCUT2D eigenvalue weighted by Gasteiger charge is 2.26. The van der Waals surface area contributed by atoms with Crippen LogP contribution < -0.4 is 20.1 Å². The van der Waals surface area contributed by atoms with Crippen LogP contribution in [0.5, 0.6) is 11.6 Å². The molecule has 0 aliphatic carbocycles. The van der Waals surface area contributed by atoms with Gasteiger partial charge in [-0.1, -0.05) is 0 Å². The second-order valence-corrected chi connectivity index (χ2v) is 5.71. The molecule has 1 aliphatic heterocycles. The highest BCUT2D eigenvalue weighted by atomic mass is 16.5. The average Bonchev–Trinajstić information content (AvgIpc) is 2.60. The van der Waals surface area contributed by atoms with Crippen LogP contribution in [0.2, 0.25) is 0 Å². The third-order valence-corrected chi connectivity index (χ3v) is 4.42. The van der Waals surface area contributed by atoms with E-state index in [9.17, 15) is 4.79 Å². The molecule has 3 rings (SSSR count). The van der Waals surface area contributed by atoms with Crippen LogP contribution in [-0.2, 0) is 4.79 Å². The van der Waals surface area contributed by atoms with Gasteiger partial charge in [-0.25, -0.2) is 4.98 Å². The van der Waals surface area contributed by atoms with E-state index in [-0.39, 0.29) is 11.8 Å². The molecule has 6 heteroatoms. The van der Waals surface area contributed by atoms with Crippen LogP contribution >= 0.6 is 0 Å². The van der Waals surface area contributed by atoms with Crippen LogP contribution in [0.3, 0.4) is 0 Å². The number of fused-ring (bicyclic) bond motifs is 1. The van der Waals surface area contributed by atoms with Gasteiger partial charge >= 0.3 is 0 Å². The summed E-state index contributed by atoms with van der Waals surface area (Å²) in [6, 6.07) is 7.77. The second kappa shape index (κ2) is 6.32. The van der Waals surface area contributed by atoms with Gasteiger partial charge < -0.3 is 20.1 Å². The maximum absolute atomic E-state index is 11.4. The minimum Gasteiger partial charge on any atom is -0.494 e. The van der Waals surface area contributed by atoms with E-state index in [1.54, 1.807) is 14.2 Å². The molecule has 2 heterocycles. The first-order valence-electron chi connectivity index (χ1n) is 7.70. The van der Waals surface area contributed by atoms with Gasteiger partial charge in [-0.3, -0.25) is 4.79 Å². The molecule has 0 saturated carbocycles. The maximum atomic E-state index is 11.4. The lowest BCUT2D eigenvalue weighted by Gasteiger charge is -2.33. The standard InChI is InChI=1S/C17H21N3O3/c1-22-13-5-3-11-4-6-14(23-2)19-15(11)16(13)20-9-7-12(8-10-20)17(18)21/h3-6,12H,7-10H2,1-2H3,(H2,18,21). The molecule has 1 aliphatic rings. The van der Waals surface area contributed by atoms with Crippen molar-refractivity contribution in [1.82, 2.24) is 4.98 Å². The van der Waals surface area contributed by atoms with E-state index in [0.29, 0.717) is 5.88 Å². The molecule has 0 bridgehead atoms. The van der Waals surface area contributed by atoms with Crippen molar-refractivity contribution in [2.75, 3.05) is 32.2 Å². The fraction of sp³-hybridized carbons (Fsp3) is 0.412. The van der Waals surface area contributed by atoms with E-state index in [4.69, 9.17) is 15.2 Å². The third-order valence-electron chi connectivity index (χ3n) is 4.42. The molecule has 0 spiro atoms. The molecule has 1 aromatic heterocycles. The summed E-state index contributed by atoms with van der Waals surface area (Å²) >= 11 is 0. The van der Waals surface area contributed by atoms with Gasteiger partial charge in [0.25, 0.3) is 0 Å². The zero-order valence-corrected chi connectivity index (χ0v) is 13.4. The number of aromatic nitrogens is 1. The fourth-order valence-corrected chi connectivity index (χ4v) is 3.11. The van der Waals surface area contributed by atoms with Crippen molar-refractivity contribution in [3.05, 3.63) is 24.3 Å². The van der Waals surface area contributed by atoms with Crippen molar-refractivity contribution in [3.63, 3.8) is 0 Å². The van der Waals surface area contributed by atoms with Gasteiger partial charge in [-0.05, 0) is 31.0 Å². The minimum atomic E-state index is -0.214. The maximum Gasteiger partial charge on any atom is 0.220 e. The van der Waals surface area contributed by atoms with Crippen LogP contribution in [0, 0.1) is 5.92 Å². The topological polar surface area (TPSA) is 77.7 Å². The molecular weight excluding hydrogens is 294 g/mol. The number of hydrogen-bond donors (Lipinski definition) is 1. The van der Waals surface area contributed by atoms with Crippen LogP contribution in [0.15, 0.2) is 24.3 Å². The van der Waals surface area contributed by atoms with Gasteiger partial charge in [0, 0.05) is 30.5 Å². The lowest BCUT2D eigenvalue weighted by Crippen LogP contribution is -2.38. The number of carbonyl (C=O) groups is 1. The second-order valence-electron chi connectivity index (χ2n) is 5.71. The summed E-state index contributed by atoms with van der Waals surface area (Å²) in [5.74, 6) is 1.08. The molecule has 6 nitrogen and oxygen atoms in total. The molecule has 2 N–H and O–H groups in total. The van der Waals surface area contributed by atoms with Gasteiger partial charge in [0.2, 0.25) is 11.8 Å². The van der Waals surface area contributed by atoms with Crippen molar-refractivity contribution >= 4 is 22.5 Å². The minimum absolute atomic E-state index is 0.0466. The molecule has 1 aromatic carbocycles. The number of hydrogen-bond acceptors (Lipinski definition) is 5. The Balaban J connectivity index is 2.02. The Morgan fingerprint density at radius 2 is 1.87 bits per heavy atom. The Labute approximate surface area is 135 Å². The quantitative estimate of drug-likeness (QED) is 0.933. The molecule has 1 fully saturated rings. The predicted octanol–water partition coefficient (Wildman–Crippen LogP) is 1.95. The first-order valence-corrected chi connectivity index (χ1v) is 7.70. The van der Waals surface area contributed by atoms with Gasteiger partial charge in [-0.15, -0.1) is 0 Å². The summed E-state index contributed by atoms with van der Waals surface area (Å²) in [5, 5.41) is 1.03. The van der Waals surface area contributed by atoms with Crippen LogP contribution in [0.25, 0.3) is 10.9 Å². The van der Waals surface area contributed by atoms with E-state index in [1.807, 2.05) is 24.3 Å². The van der Waals surface area contributed by atoms with Gasteiger partial charge in [0.1, 0.15) is 17.0 Å². The number of nitrogens with zero attached hydrogens (tertiary/aromatic N) is 2. The fourth-order valence-electron chi connectivity index (χ4n) is 3.11. The Hall–Kier alpha value is -2.50. The first-order chi connectivity index (χ1) is 11.1. The summed E-state index contributed by atoms with van der Waals surface area (Å²) in [6.45, 7) is 1.50. The van der Waals surface area contributed by atoms with Gasteiger partial charge in [0.05, 0.1) is 14.2 Å². The number of pyridine rings is 1. The van der Waals surface area contributed by atoms with Gasteiger partial charge in [0.15, 0.2) is 0 Å². The number of methoxy groups -OCH3 is 2. The third kappa shape index (κ3) is 2.88. The number of piperidine rings is 1. The zero-order chi connectivity index (χ0) is 16.4. The molecule has 0 unspecified atom stereocenters. The first kappa shape index (κ1) is 15.4. The SMILES string of the molecule is COc1ccc2ccc(OC)c(N3CCC(C(N)=O)CC3)c2n1. The molecule has 0 atom stereocenters. The Morgan fingerprint density at radius 3 is 2.48 bits per heavy atom. The Bertz CT molecular complexity index is 719. The largest absolute Gasteiger partial charge is 0.494 e. The highest BCUT2D eigenvalue weighted by Crippen LogP contribution is 2.38.